The molecule has 0 aliphatic heterocycles. The SMILES string of the molecule is NC1C=CC=CC1(O)S(=O)(=O)O. The largest absolute Gasteiger partial charge is 0.368 e. The molecule has 5 nitrogen and oxygen atoms in total. The van der Waals surface area contributed by atoms with Gasteiger partial charge in [-0.15, -0.1) is 0 Å². The Morgan fingerprint density at radius 2 is 2.00 bits per heavy atom. The summed E-state index contributed by atoms with van der Waals surface area (Å²) in [6.45, 7) is 0. The Morgan fingerprint density at radius 3 is 2.33 bits per heavy atom. The standard InChI is InChI=1S/C6H9NO4S/c7-5-3-1-2-4-6(5,8)12(9,10)11/h1-5,8H,7H2,(H,9,10,11). The lowest BCUT2D eigenvalue weighted by molar-refractivity contribution is 0.146. The van der Waals surface area contributed by atoms with Crippen LogP contribution in [0.25, 0.3) is 0 Å². The Labute approximate surface area is 69.9 Å². The van der Waals surface area contributed by atoms with Crippen molar-refractivity contribution in [3.05, 3.63) is 24.3 Å². The van der Waals surface area contributed by atoms with Crippen molar-refractivity contribution in [2.24, 2.45) is 5.73 Å². The molecule has 2 atom stereocenters. The predicted molar refractivity (Wildman–Crippen MR) is 42.8 cm³/mol. The molecule has 0 saturated carbocycles. The molecule has 0 saturated heterocycles. The smallest absolute Gasteiger partial charge is 0.300 e. The van der Waals surface area contributed by atoms with Crippen LogP contribution >= 0.6 is 0 Å². The molecule has 0 fully saturated rings. The van der Waals surface area contributed by atoms with Crippen LogP contribution in [-0.4, -0.2) is 29.1 Å². The molecule has 0 heterocycles. The summed E-state index contributed by atoms with van der Waals surface area (Å²) in [6.07, 6.45) is 5.02. The van der Waals surface area contributed by atoms with Crippen LogP contribution in [0.3, 0.4) is 0 Å². The highest BCUT2D eigenvalue weighted by Crippen LogP contribution is 2.21. The Hall–Kier alpha value is -0.690. The molecule has 4 N–H and O–H groups in total. The minimum absolute atomic E-state index is 0.938. The molecule has 0 aromatic rings. The number of rotatable bonds is 1. The maximum Gasteiger partial charge on any atom is 0.300 e. The van der Waals surface area contributed by atoms with Crippen molar-refractivity contribution in [3.63, 3.8) is 0 Å². The van der Waals surface area contributed by atoms with E-state index in [1.807, 2.05) is 0 Å². The molecule has 0 spiro atoms. The molecule has 2 unspecified atom stereocenters. The van der Waals surface area contributed by atoms with Crippen LogP contribution < -0.4 is 5.73 Å². The number of nitrogens with two attached hydrogens (primary N) is 1. The van der Waals surface area contributed by atoms with Gasteiger partial charge in [-0.25, -0.2) is 0 Å². The van der Waals surface area contributed by atoms with E-state index in [2.05, 4.69) is 0 Å². The summed E-state index contributed by atoms with van der Waals surface area (Å²) in [5.41, 5.74) is 5.27. The molecule has 0 aromatic carbocycles. The van der Waals surface area contributed by atoms with Crippen molar-refractivity contribution in [1.29, 1.82) is 0 Å². The fourth-order valence-electron chi connectivity index (χ4n) is 0.884. The lowest BCUT2D eigenvalue weighted by atomic mass is 10.1. The second kappa shape index (κ2) is 2.67. The first-order chi connectivity index (χ1) is 5.38. The zero-order chi connectivity index (χ0) is 9.41. The summed E-state index contributed by atoms with van der Waals surface area (Å²) in [5, 5.41) is 9.38. The van der Waals surface area contributed by atoms with Crippen LogP contribution in [0.1, 0.15) is 0 Å². The van der Waals surface area contributed by atoms with E-state index in [4.69, 9.17) is 10.3 Å². The Balaban J connectivity index is 3.16. The first-order valence-corrected chi connectivity index (χ1v) is 4.63. The van der Waals surface area contributed by atoms with Crippen molar-refractivity contribution in [3.8, 4) is 0 Å². The van der Waals surface area contributed by atoms with Gasteiger partial charge in [0, 0.05) is 0 Å². The molecule has 0 aromatic heterocycles. The third kappa shape index (κ3) is 1.29. The fraction of sp³-hybridized carbons (Fsp3) is 0.333. The van der Waals surface area contributed by atoms with Crippen LogP contribution in [0.15, 0.2) is 24.3 Å². The summed E-state index contributed by atoms with van der Waals surface area (Å²) in [4.78, 5) is -2.39. The average molecular weight is 191 g/mol. The van der Waals surface area contributed by atoms with Gasteiger partial charge in [0.1, 0.15) is 0 Å². The first kappa shape index (κ1) is 9.40. The highest BCUT2D eigenvalue weighted by Gasteiger charge is 2.44. The van der Waals surface area contributed by atoms with Gasteiger partial charge >= 0.3 is 10.1 Å². The number of hydrogen-bond donors (Lipinski definition) is 3. The maximum atomic E-state index is 10.7. The summed E-state index contributed by atoms with van der Waals surface area (Å²) in [5.74, 6) is 0. The Kier molecular flexibility index (Phi) is 2.09. The molecule has 0 radical (unpaired) electrons. The third-order valence-electron chi connectivity index (χ3n) is 1.66. The lowest BCUT2D eigenvalue weighted by Gasteiger charge is -2.27. The van der Waals surface area contributed by atoms with Crippen molar-refractivity contribution in [2.75, 3.05) is 0 Å². The van der Waals surface area contributed by atoms with Gasteiger partial charge in [0.05, 0.1) is 6.04 Å². The molecular formula is C6H9NO4S. The van der Waals surface area contributed by atoms with Gasteiger partial charge in [-0.1, -0.05) is 18.2 Å². The third-order valence-corrected chi connectivity index (χ3v) is 2.89. The van der Waals surface area contributed by atoms with Gasteiger partial charge in [-0.3, -0.25) is 4.55 Å². The van der Waals surface area contributed by atoms with E-state index in [9.17, 15) is 13.5 Å². The second-order valence-electron chi connectivity index (χ2n) is 2.50. The van der Waals surface area contributed by atoms with E-state index in [1.165, 1.54) is 18.2 Å². The maximum absolute atomic E-state index is 10.7. The van der Waals surface area contributed by atoms with E-state index in [0.29, 0.717) is 0 Å². The minimum atomic E-state index is -4.58. The highest BCUT2D eigenvalue weighted by atomic mass is 32.2. The van der Waals surface area contributed by atoms with E-state index in [-0.39, 0.29) is 0 Å². The van der Waals surface area contributed by atoms with Crippen LogP contribution in [0.5, 0.6) is 0 Å². The summed E-state index contributed by atoms with van der Waals surface area (Å²) in [7, 11) is -4.58. The van der Waals surface area contributed by atoms with Gasteiger partial charge in [0.25, 0.3) is 0 Å². The quantitative estimate of drug-likeness (QED) is 0.462. The van der Waals surface area contributed by atoms with Crippen molar-refractivity contribution < 1.29 is 18.1 Å². The van der Waals surface area contributed by atoms with Crippen LogP contribution in [0, 0.1) is 0 Å². The zero-order valence-electron chi connectivity index (χ0n) is 6.08. The normalized spacial score (nSPS) is 35.4. The molecule has 6 heteroatoms. The van der Waals surface area contributed by atoms with Gasteiger partial charge in [-0.05, 0) is 6.08 Å². The molecule has 1 rings (SSSR count). The van der Waals surface area contributed by atoms with Gasteiger partial charge in [0.15, 0.2) is 0 Å². The van der Waals surface area contributed by atoms with E-state index >= 15 is 0 Å². The molecule has 1 aliphatic rings. The molecule has 12 heavy (non-hydrogen) atoms. The van der Waals surface area contributed by atoms with Gasteiger partial charge < -0.3 is 10.8 Å². The monoisotopic (exact) mass is 191 g/mol. The highest BCUT2D eigenvalue weighted by molar-refractivity contribution is 7.87. The molecular weight excluding hydrogens is 182 g/mol. The number of allylic oxidation sites excluding steroid dienone is 2. The van der Waals surface area contributed by atoms with Crippen LogP contribution in [0.4, 0.5) is 0 Å². The van der Waals surface area contributed by atoms with Crippen LogP contribution in [0.2, 0.25) is 0 Å². The van der Waals surface area contributed by atoms with Crippen molar-refractivity contribution in [1.82, 2.24) is 0 Å². The molecule has 0 amide bonds. The number of hydrogen-bond acceptors (Lipinski definition) is 4. The second-order valence-corrected chi connectivity index (χ2v) is 4.10. The topological polar surface area (TPSA) is 101 Å². The Bertz CT molecular complexity index is 331. The van der Waals surface area contributed by atoms with Crippen molar-refractivity contribution >= 4 is 10.1 Å². The lowest BCUT2D eigenvalue weighted by Crippen LogP contribution is -2.51. The average Bonchev–Trinajstić information content (AvgIpc) is 1.93. The van der Waals surface area contributed by atoms with Gasteiger partial charge in [0.2, 0.25) is 4.93 Å². The first-order valence-electron chi connectivity index (χ1n) is 3.19. The molecule has 0 bridgehead atoms. The summed E-state index contributed by atoms with van der Waals surface area (Å²) >= 11 is 0. The Morgan fingerprint density at radius 1 is 1.42 bits per heavy atom. The van der Waals surface area contributed by atoms with Crippen LogP contribution in [-0.2, 0) is 10.1 Å². The van der Waals surface area contributed by atoms with Crippen molar-refractivity contribution in [2.45, 2.75) is 11.0 Å². The summed E-state index contributed by atoms with van der Waals surface area (Å²) in [6, 6.07) is -1.14. The van der Waals surface area contributed by atoms with E-state index in [1.54, 1.807) is 0 Å². The predicted octanol–water partition coefficient (Wildman–Crippen LogP) is -0.984. The van der Waals surface area contributed by atoms with Gasteiger partial charge in [-0.2, -0.15) is 8.42 Å². The van der Waals surface area contributed by atoms with E-state index in [0.717, 1.165) is 6.08 Å². The minimum Gasteiger partial charge on any atom is -0.368 e. The zero-order valence-corrected chi connectivity index (χ0v) is 6.90. The molecule has 1 aliphatic carbocycles. The molecule has 68 valence electrons. The number of aliphatic hydroxyl groups is 1. The fourth-order valence-corrected chi connectivity index (χ4v) is 1.56. The van der Waals surface area contributed by atoms with E-state index < -0.39 is 21.1 Å². The summed E-state index contributed by atoms with van der Waals surface area (Å²) < 4.78 is 29.9.